The fourth-order valence-corrected chi connectivity index (χ4v) is 2.52. The molecule has 23 heavy (non-hydrogen) atoms. The summed E-state index contributed by atoms with van der Waals surface area (Å²) in [4.78, 5) is 4.22. The Morgan fingerprint density at radius 2 is 2.13 bits per heavy atom. The minimum atomic E-state index is -0.115. The first-order chi connectivity index (χ1) is 10.8. The molecule has 0 spiro atoms. The quantitative estimate of drug-likeness (QED) is 0.285. The fraction of sp³-hybridized carbons (Fsp3) is 0.588. The molecule has 1 aliphatic rings. The molecule has 2 N–H and O–H groups in total. The van der Waals surface area contributed by atoms with Gasteiger partial charge in [0, 0.05) is 38.8 Å². The van der Waals surface area contributed by atoms with Crippen molar-refractivity contribution in [3.63, 3.8) is 0 Å². The molecule has 4 nitrogen and oxygen atoms in total. The second-order valence-corrected chi connectivity index (χ2v) is 5.52. The molecule has 0 saturated heterocycles. The van der Waals surface area contributed by atoms with Crippen LogP contribution in [0.4, 0.5) is 4.39 Å². The predicted molar refractivity (Wildman–Crippen MR) is 103 cm³/mol. The number of nitrogens with zero attached hydrogens (tertiary/aromatic N) is 1. The van der Waals surface area contributed by atoms with Gasteiger partial charge in [-0.1, -0.05) is 18.2 Å². The molecule has 6 heteroatoms. The Bertz CT molecular complexity index is 498. The first kappa shape index (κ1) is 20.2. The van der Waals surface area contributed by atoms with E-state index in [2.05, 4.69) is 15.6 Å². The lowest BCUT2D eigenvalue weighted by Crippen LogP contribution is -2.39. The van der Waals surface area contributed by atoms with Gasteiger partial charge in [0.2, 0.25) is 0 Å². The van der Waals surface area contributed by atoms with Crippen LogP contribution in [-0.2, 0) is 4.74 Å². The number of ether oxygens (including phenoxy) is 1. The van der Waals surface area contributed by atoms with Crippen molar-refractivity contribution >= 4 is 29.9 Å². The Morgan fingerprint density at radius 1 is 1.35 bits per heavy atom. The van der Waals surface area contributed by atoms with Gasteiger partial charge >= 0.3 is 0 Å². The zero-order chi connectivity index (χ0) is 15.8. The van der Waals surface area contributed by atoms with Crippen molar-refractivity contribution in [1.29, 1.82) is 0 Å². The lowest BCUT2D eigenvalue weighted by atomic mass is 10.1. The highest BCUT2D eigenvalue weighted by atomic mass is 127. The molecular weight excluding hydrogens is 408 g/mol. The van der Waals surface area contributed by atoms with Crippen molar-refractivity contribution in [3.8, 4) is 0 Å². The topological polar surface area (TPSA) is 45.6 Å². The number of unbranched alkanes of at least 4 members (excludes halogenated alkanes) is 1. The molecule has 0 bridgehead atoms. The first-order valence-electron chi connectivity index (χ1n) is 8.05. The number of halogens is 2. The third-order valence-electron chi connectivity index (χ3n) is 3.85. The van der Waals surface area contributed by atoms with Gasteiger partial charge in [-0.15, -0.1) is 24.0 Å². The monoisotopic (exact) mass is 435 g/mol. The minimum Gasteiger partial charge on any atom is -0.382 e. The summed E-state index contributed by atoms with van der Waals surface area (Å²) in [6.07, 6.45) is 3.03. The van der Waals surface area contributed by atoms with E-state index in [0.717, 1.165) is 50.5 Å². The number of rotatable bonds is 8. The number of hydrogen-bond donors (Lipinski definition) is 2. The van der Waals surface area contributed by atoms with Crippen LogP contribution in [-0.4, -0.2) is 38.8 Å². The molecule has 2 unspecified atom stereocenters. The highest BCUT2D eigenvalue weighted by Crippen LogP contribution is 2.41. The lowest BCUT2D eigenvalue weighted by molar-refractivity contribution is 0.143. The van der Waals surface area contributed by atoms with Gasteiger partial charge in [-0.25, -0.2) is 4.39 Å². The van der Waals surface area contributed by atoms with E-state index in [1.54, 1.807) is 13.1 Å². The van der Waals surface area contributed by atoms with E-state index in [9.17, 15) is 4.39 Å². The molecule has 1 aromatic carbocycles. The van der Waals surface area contributed by atoms with E-state index in [1.807, 2.05) is 19.1 Å². The molecule has 0 heterocycles. The second-order valence-electron chi connectivity index (χ2n) is 5.52. The summed E-state index contributed by atoms with van der Waals surface area (Å²) in [6.45, 7) is 4.45. The normalized spacial score (nSPS) is 19.9. The van der Waals surface area contributed by atoms with Crippen molar-refractivity contribution in [2.24, 2.45) is 4.99 Å². The van der Waals surface area contributed by atoms with Crippen molar-refractivity contribution in [3.05, 3.63) is 35.6 Å². The van der Waals surface area contributed by atoms with Crippen LogP contribution in [0.25, 0.3) is 0 Å². The molecule has 0 amide bonds. The van der Waals surface area contributed by atoms with E-state index in [-0.39, 0.29) is 41.8 Å². The highest BCUT2D eigenvalue weighted by Gasteiger charge is 2.40. The summed E-state index contributed by atoms with van der Waals surface area (Å²) in [7, 11) is 1.76. The number of aliphatic imine (C=N–C) groups is 1. The Hall–Kier alpha value is -0.890. The van der Waals surface area contributed by atoms with Crippen LogP contribution in [0.15, 0.2) is 29.3 Å². The van der Waals surface area contributed by atoms with Gasteiger partial charge < -0.3 is 15.4 Å². The van der Waals surface area contributed by atoms with Crippen molar-refractivity contribution < 1.29 is 9.13 Å². The number of guanidine groups is 1. The number of hydrogen-bond acceptors (Lipinski definition) is 2. The van der Waals surface area contributed by atoms with Crippen molar-refractivity contribution in [2.45, 2.75) is 38.1 Å². The Morgan fingerprint density at radius 3 is 2.83 bits per heavy atom. The molecule has 1 saturated carbocycles. The summed E-state index contributed by atoms with van der Waals surface area (Å²) in [5.41, 5.74) is 0.798. The van der Waals surface area contributed by atoms with Gasteiger partial charge in [0.05, 0.1) is 0 Å². The summed E-state index contributed by atoms with van der Waals surface area (Å²) >= 11 is 0. The third-order valence-corrected chi connectivity index (χ3v) is 3.85. The van der Waals surface area contributed by atoms with Gasteiger partial charge in [0.15, 0.2) is 5.96 Å². The smallest absolute Gasteiger partial charge is 0.191 e. The molecule has 1 aliphatic carbocycles. The Balaban J connectivity index is 0.00000264. The van der Waals surface area contributed by atoms with Crippen LogP contribution in [0.3, 0.4) is 0 Å². The predicted octanol–water partition coefficient (Wildman–Crippen LogP) is 3.28. The SMILES string of the molecule is CCOCCCCNC(=NC)NC1CC1c1ccccc1F.I. The van der Waals surface area contributed by atoms with Gasteiger partial charge in [-0.2, -0.15) is 0 Å². The van der Waals surface area contributed by atoms with Gasteiger partial charge in [0.1, 0.15) is 5.82 Å². The molecule has 130 valence electrons. The van der Waals surface area contributed by atoms with E-state index < -0.39 is 0 Å². The second kappa shape index (κ2) is 10.8. The van der Waals surface area contributed by atoms with Crippen LogP contribution in [0, 0.1) is 5.82 Å². The van der Waals surface area contributed by atoms with Crippen LogP contribution in [0.5, 0.6) is 0 Å². The Labute approximate surface area is 155 Å². The summed E-state index contributed by atoms with van der Waals surface area (Å²) in [5.74, 6) is 0.925. The van der Waals surface area contributed by atoms with Crippen molar-refractivity contribution in [1.82, 2.24) is 10.6 Å². The largest absolute Gasteiger partial charge is 0.382 e. The molecule has 2 atom stereocenters. The average molecular weight is 435 g/mol. The molecular formula is C17H27FIN3O. The summed E-state index contributed by atoms with van der Waals surface area (Å²) in [5, 5.41) is 6.65. The molecule has 1 fully saturated rings. The molecule has 0 radical (unpaired) electrons. The zero-order valence-electron chi connectivity index (χ0n) is 13.8. The van der Waals surface area contributed by atoms with Gasteiger partial charge in [0.25, 0.3) is 0 Å². The maximum absolute atomic E-state index is 13.7. The van der Waals surface area contributed by atoms with Gasteiger partial charge in [-0.3, -0.25) is 4.99 Å². The molecule has 0 aromatic heterocycles. The minimum absolute atomic E-state index is 0. The Kier molecular flexibility index (Phi) is 9.47. The summed E-state index contributed by atoms with van der Waals surface area (Å²) < 4.78 is 19.0. The number of benzene rings is 1. The van der Waals surface area contributed by atoms with E-state index in [0.29, 0.717) is 0 Å². The zero-order valence-corrected chi connectivity index (χ0v) is 16.2. The van der Waals surface area contributed by atoms with E-state index in [1.165, 1.54) is 6.07 Å². The van der Waals surface area contributed by atoms with E-state index in [4.69, 9.17) is 4.74 Å². The van der Waals surface area contributed by atoms with Gasteiger partial charge in [-0.05, 0) is 37.8 Å². The first-order valence-corrected chi connectivity index (χ1v) is 8.05. The molecule has 0 aliphatic heterocycles. The standard InChI is InChI=1S/C17H26FN3O.HI/c1-3-22-11-7-6-10-20-17(19-2)21-16-12-14(16)13-8-4-5-9-15(13)18;/h4-5,8-9,14,16H,3,6-7,10-12H2,1-2H3,(H2,19,20,21);1H. The van der Waals surface area contributed by atoms with E-state index >= 15 is 0 Å². The molecule has 2 rings (SSSR count). The maximum Gasteiger partial charge on any atom is 0.191 e. The van der Waals surface area contributed by atoms with Crippen LogP contribution in [0.1, 0.15) is 37.7 Å². The van der Waals surface area contributed by atoms with Crippen LogP contribution < -0.4 is 10.6 Å². The fourth-order valence-electron chi connectivity index (χ4n) is 2.52. The van der Waals surface area contributed by atoms with Crippen LogP contribution >= 0.6 is 24.0 Å². The average Bonchev–Trinajstić information content (AvgIpc) is 3.29. The maximum atomic E-state index is 13.7. The number of nitrogens with one attached hydrogen (secondary N) is 2. The van der Waals surface area contributed by atoms with Crippen LogP contribution in [0.2, 0.25) is 0 Å². The van der Waals surface area contributed by atoms with Crippen molar-refractivity contribution in [2.75, 3.05) is 26.8 Å². The third kappa shape index (κ3) is 6.63. The lowest BCUT2D eigenvalue weighted by Gasteiger charge is -2.12. The highest BCUT2D eigenvalue weighted by molar-refractivity contribution is 14.0. The summed E-state index contributed by atoms with van der Waals surface area (Å²) in [6, 6.07) is 7.28. The molecule has 1 aromatic rings.